The number of benzene rings is 2. The minimum atomic E-state index is -4.69. The minimum absolute atomic E-state index is 0.0722. The van der Waals surface area contributed by atoms with Crippen molar-refractivity contribution in [2.24, 2.45) is 0 Å². The van der Waals surface area contributed by atoms with Crippen molar-refractivity contribution in [1.29, 1.82) is 0 Å². The molecule has 2 aromatic carbocycles. The first-order chi connectivity index (χ1) is 17.2. The Hall–Kier alpha value is -4.15. The van der Waals surface area contributed by atoms with Crippen LogP contribution in [0.25, 0.3) is 5.78 Å². The average molecular weight is 499 g/mol. The van der Waals surface area contributed by atoms with Gasteiger partial charge in [-0.2, -0.15) is 18.2 Å². The van der Waals surface area contributed by atoms with E-state index in [1.54, 1.807) is 26.0 Å². The van der Waals surface area contributed by atoms with Crippen LogP contribution in [-0.4, -0.2) is 32.6 Å². The highest BCUT2D eigenvalue weighted by atomic mass is 19.4. The summed E-state index contributed by atoms with van der Waals surface area (Å²) in [5.74, 6) is -0.645. The first-order valence-electron chi connectivity index (χ1n) is 11.1. The molecule has 0 atom stereocenters. The number of rotatable bonds is 8. The topological polar surface area (TPSA) is 90.6 Å². The summed E-state index contributed by atoms with van der Waals surface area (Å²) in [7, 11) is 1.54. The van der Waals surface area contributed by atoms with Gasteiger partial charge in [-0.15, -0.1) is 5.10 Å². The van der Waals surface area contributed by atoms with Crippen LogP contribution in [0.1, 0.15) is 33.9 Å². The van der Waals surface area contributed by atoms with Crippen LogP contribution < -0.4 is 14.8 Å². The van der Waals surface area contributed by atoms with Crippen molar-refractivity contribution in [1.82, 2.24) is 24.9 Å². The van der Waals surface area contributed by atoms with Gasteiger partial charge in [-0.25, -0.2) is 9.50 Å². The van der Waals surface area contributed by atoms with Crippen molar-refractivity contribution in [2.45, 2.75) is 39.6 Å². The maximum Gasteiger partial charge on any atom is 0.453 e. The number of carbonyl (C=O) groups excluding carboxylic acids is 1. The molecule has 0 unspecified atom stereocenters. The normalized spacial score (nSPS) is 11.5. The van der Waals surface area contributed by atoms with Crippen LogP contribution in [0, 0.1) is 13.8 Å². The van der Waals surface area contributed by atoms with Crippen molar-refractivity contribution < 1.29 is 27.4 Å². The Balaban J connectivity index is 1.42. The highest BCUT2D eigenvalue weighted by Gasteiger charge is 2.37. The van der Waals surface area contributed by atoms with Gasteiger partial charge in [0.15, 0.2) is 11.5 Å². The Morgan fingerprint density at radius 1 is 1.03 bits per heavy atom. The highest BCUT2D eigenvalue weighted by Crippen LogP contribution is 2.29. The fraction of sp³-hybridized carbons (Fsp3) is 0.280. The molecule has 8 nitrogen and oxygen atoms in total. The van der Waals surface area contributed by atoms with Gasteiger partial charge in [0.1, 0.15) is 6.61 Å². The van der Waals surface area contributed by atoms with Gasteiger partial charge in [0.05, 0.1) is 13.5 Å². The largest absolute Gasteiger partial charge is 0.493 e. The second-order valence-electron chi connectivity index (χ2n) is 8.12. The van der Waals surface area contributed by atoms with E-state index in [2.05, 4.69) is 20.4 Å². The molecule has 1 N–H and O–H groups in total. The SMILES string of the molecule is COc1cc(CNC(=O)Cc2c(C)nc3nc(C(F)(F)F)nn3c2C)ccc1OCc1ccccc1. The molecule has 0 aliphatic carbocycles. The third kappa shape index (κ3) is 5.56. The molecular weight excluding hydrogens is 475 g/mol. The summed E-state index contributed by atoms with van der Waals surface area (Å²) in [5.41, 5.74) is 3.09. The van der Waals surface area contributed by atoms with E-state index in [1.165, 1.54) is 7.11 Å². The molecule has 11 heteroatoms. The van der Waals surface area contributed by atoms with Crippen LogP contribution in [0.5, 0.6) is 11.5 Å². The lowest BCUT2D eigenvalue weighted by atomic mass is 10.1. The van der Waals surface area contributed by atoms with Crippen LogP contribution in [-0.2, 0) is 30.5 Å². The van der Waals surface area contributed by atoms with Gasteiger partial charge >= 0.3 is 6.18 Å². The first kappa shape index (κ1) is 25.0. The summed E-state index contributed by atoms with van der Waals surface area (Å²) in [6.45, 7) is 3.82. The molecule has 0 spiro atoms. The summed E-state index contributed by atoms with van der Waals surface area (Å²) in [6.07, 6.45) is -4.76. The number of halogens is 3. The Labute approximate surface area is 205 Å². The van der Waals surface area contributed by atoms with Gasteiger partial charge in [-0.1, -0.05) is 36.4 Å². The van der Waals surface area contributed by atoms with Crippen LogP contribution in [0.15, 0.2) is 48.5 Å². The number of nitrogens with zero attached hydrogens (tertiary/aromatic N) is 4. The molecule has 0 saturated heterocycles. The van der Waals surface area contributed by atoms with E-state index in [1.807, 2.05) is 36.4 Å². The standard InChI is InChI=1S/C25H24F3N5O3/c1-15-19(16(2)33-24(30-15)31-23(32-33)25(26,27)28)12-22(34)29-13-18-9-10-20(21(11-18)35-3)36-14-17-7-5-4-6-8-17/h4-11H,12-14H2,1-3H3,(H,29,34). The molecule has 2 aromatic heterocycles. The monoisotopic (exact) mass is 499 g/mol. The Morgan fingerprint density at radius 2 is 1.78 bits per heavy atom. The molecule has 0 bridgehead atoms. The number of nitrogens with one attached hydrogen (secondary N) is 1. The fourth-order valence-corrected chi connectivity index (χ4v) is 3.68. The second kappa shape index (κ2) is 10.2. The Morgan fingerprint density at radius 3 is 2.47 bits per heavy atom. The molecule has 4 rings (SSSR count). The lowest BCUT2D eigenvalue weighted by molar-refractivity contribution is -0.144. The zero-order valence-corrected chi connectivity index (χ0v) is 19.9. The van der Waals surface area contributed by atoms with Crippen LogP contribution in [0.2, 0.25) is 0 Å². The van der Waals surface area contributed by atoms with Gasteiger partial charge in [0.2, 0.25) is 5.91 Å². The number of alkyl halides is 3. The van der Waals surface area contributed by atoms with Gasteiger partial charge in [-0.05, 0) is 37.1 Å². The maximum atomic E-state index is 13.0. The number of amides is 1. The lowest BCUT2D eigenvalue weighted by Crippen LogP contribution is -2.26. The number of ether oxygens (including phenoxy) is 2. The van der Waals surface area contributed by atoms with E-state index in [4.69, 9.17) is 9.47 Å². The van der Waals surface area contributed by atoms with Crippen LogP contribution >= 0.6 is 0 Å². The number of aryl methyl sites for hydroxylation is 2. The van der Waals surface area contributed by atoms with Gasteiger partial charge in [-0.3, -0.25) is 4.79 Å². The number of hydrogen-bond donors (Lipinski definition) is 1. The second-order valence-corrected chi connectivity index (χ2v) is 8.12. The van der Waals surface area contributed by atoms with Crippen molar-refractivity contribution in [3.05, 3.63) is 82.4 Å². The zero-order chi connectivity index (χ0) is 25.9. The maximum absolute atomic E-state index is 13.0. The molecule has 36 heavy (non-hydrogen) atoms. The number of fused-ring (bicyclic) bond motifs is 1. The smallest absolute Gasteiger partial charge is 0.453 e. The summed E-state index contributed by atoms with van der Waals surface area (Å²) >= 11 is 0. The molecule has 2 heterocycles. The molecule has 0 aliphatic heterocycles. The first-order valence-corrected chi connectivity index (χ1v) is 11.1. The number of methoxy groups -OCH3 is 1. The van der Waals surface area contributed by atoms with E-state index in [0.29, 0.717) is 35.1 Å². The Kier molecular flexibility index (Phi) is 7.09. The molecule has 0 fully saturated rings. The third-order valence-corrected chi connectivity index (χ3v) is 5.59. The van der Waals surface area contributed by atoms with Gasteiger partial charge in [0.25, 0.3) is 11.6 Å². The summed E-state index contributed by atoms with van der Waals surface area (Å²) < 4.78 is 51.3. The predicted octanol–water partition coefficient (Wildman–Crippen LogP) is 4.21. The fourth-order valence-electron chi connectivity index (χ4n) is 3.68. The molecule has 0 saturated carbocycles. The molecule has 188 valence electrons. The minimum Gasteiger partial charge on any atom is -0.493 e. The summed E-state index contributed by atoms with van der Waals surface area (Å²) in [6, 6.07) is 15.1. The van der Waals surface area contributed by atoms with Crippen LogP contribution in [0.4, 0.5) is 13.2 Å². The van der Waals surface area contributed by atoms with Crippen molar-refractivity contribution in [3.8, 4) is 11.5 Å². The summed E-state index contributed by atoms with van der Waals surface area (Å²) in [4.78, 5) is 20.2. The van der Waals surface area contributed by atoms with E-state index in [-0.39, 0.29) is 24.7 Å². The quantitative estimate of drug-likeness (QED) is 0.391. The van der Waals surface area contributed by atoms with Gasteiger partial charge in [0, 0.05) is 23.5 Å². The van der Waals surface area contributed by atoms with Crippen molar-refractivity contribution >= 4 is 11.7 Å². The van der Waals surface area contributed by atoms with Gasteiger partial charge < -0.3 is 14.8 Å². The van der Waals surface area contributed by atoms with E-state index < -0.39 is 12.0 Å². The molecule has 4 aromatic rings. The lowest BCUT2D eigenvalue weighted by Gasteiger charge is -2.13. The van der Waals surface area contributed by atoms with E-state index in [0.717, 1.165) is 15.6 Å². The number of carbonyl (C=O) groups is 1. The van der Waals surface area contributed by atoms with E-state index >= 15 is 0 Å². The Bertz CT molecular complexity index is 1390. The molecule has 0 aliphatic rings. The van der Waals surface area contributed by atoms with Crippen LogP contribution in [0.3, 0.4) is 0 Å². The molecule has 0 radical (unpaired) electrons. The molecule has 1 amide bonds. The number of aromatic nitrogens is 4. The summed E-state index contributed by atoms with van der Waals surface area (Å²) in [5, 5.41) is 6.33. The van der Waals surface area contributed by atoms with Crippen molar-refractivity contribution in [2.75, 3.05) is 7.11 Å². The van der Waals surface area contributed by atoms with E-state index in [9.17, 15) is 18.0 Å². The zero-order valence-electron chi connectivity index (χ0n) is 19.9. The van der Waals surface area contributed by atoms with Crippen molar-refractivity contribution in [3.63, 3.8) is 0 Å². The predicted molar refractivity (Wildman–Crippen MR) is 125 cm³/mol. The molecular formula is C25H24F3N5O3. The average Bonchev–Trinajstić information content (AvgIpc) is 3.30. The highest BCUT2D eigenvalue weighted by molar-refractivity contribution is 5.79. The number of hydrogen-bond acceptors (Lipinski definition) is 6. The third-order valence-electron chi connectivity index (χ3n) is 5.59.